The first-order chi connectivity index (χ1) is 65.3. The molecule has 2 aliphatic rings. The molecule has 22 rings (SSSR count). The van der Waals surface area contributed by atoms with Crippen molar-refractivity contribution < 1.29 is 44.9 Å². The van der Waals surface area contributed by atoms with Gasteiger partial charge in [-0.25, -0.2) is 47.8 Å². The first-order valence-electron chi connectivity index (χ1n) is 49.4. The molecule has 0 bridgehead atoms. The lowest BCUT2D eigenvalue weighted by atomic mass is 9.86. The largest absolute Gasteiger partial charge is 0.437 e. The van der Waals surface area contributed by atoms with Crippen LogP contribution in [-0.4, -0.2) is 24.9 Å². The number of nitrogens with zero attached hydrogens (tertiary/aromatic N) is 10. The normalized spacial score (nSPS) is 13.4. The number of aryl methyl sites for hydroxylation is 14. The van der Waals surface area contributed by atoms with Crippen LogP contribution in [0.1, 0.15) is 248 Å². The van der Waals surface area contributed by atoms with Gasteiger partial charge in [0.25, 0.3) is 0 Å². The molecule has 15 aromatic heterocycles. The maximum absolute atomic E-state index is 6.48. The van der Waals surface area contributed by atoms with Gasteiger partial charge in [0.1, 0.15) is 35.2 Å². The highest BCUT2D eigenvalue weighted by Gasteiger charge is 2.31. The molecule has 0 atom stereocenters. The highest BCUT2D eigenvalue weighted by Crippen LogP contribution is 2.46. The Labute approximate surface area is 800 Å². The smallest absolute Gasteiger partial charge is 0.227 e. The Balaban J connectivity index is 0.000000114. The zero-order valence-corrected chi connectivity index (χ0v) is 84.1. The fourth-order valence-electron chi connectivity index (χ4n) is 20.5. The molecule has 0 radical (unpaired) electrons. The Bertz CT molecular complexity index is 7790. The number of benzene rings is 5. The molecular weight excluding hydrogens is 1670 g/mol. The average molecular weight is 1810 g/mol. The molecule has 15 heterocycles. The quantitative estimate of drug-likeness (QED) is 0.102. The molecule has 0 unspecified atom stereocenters. The minimum Gasteiger partial charge on any atom is -0.437 e. The third kappa shape index (κ3) is 18.5. The van der Waals surface area contributed by atoms with Crippen LogP contribution in [0.2, 0.25) is 0 Å². The lowest BCUT2D eigenvalue weighted by Crippen LogP contribution is -2.31. The SMILES string of the molecule is CCc1ccc(-c2c(C)ccc3c2oc2nc(C)ccc23)[n+](C)c1.CCc1ccc(-c2c(C)ccc3c2oc2nc(C)ccc23)[n+](C)c1.Cc1ccc2c(oc3nc(C4CCCC4)ccc32)c1-c1cc(C(C)C)cc[n+]1C.Cc1ccc2c(oc3nc(C4CCCCC4)ccc32)c1-c1cc(C(C)C)cc[n+]1C.Cc1ccc2c(oc3nc(CC(C)(C)C)ccc32)c1-c1cc(C(C)C)cc[n+]1C. The number of hydrogen-bond donors (Lipinski definition) is 0. The molecule has 20 aromatic rings. The second kappa shape index (κ2) is 38.4. The van der Waals surface area contributed by atoms with Gasteiger partial charge in [-0.1, -0.05) is 169 Å². The van der Waals surface area contributed by atoms with Gasteiger partial charge in [0.15, 0.2) is 58.9 Å². The first-order valence-corrected chi connectivity index (χ1v) is 49.4. The molecule has 692 valence electrons. The van der Waals surface area contributed by atoms with Crippen LogP contribution in [0.4, 0.5) is 0 Å². The minimum absolute atomic E-state index is 0.194. The van der Waals surface area contributed by atoms with E-state index in [4.69, 9.17) is 37.0 Å². The predicted molar refractivity (Wildman–Crippen MR) is 555 cm³/mol. The van der Waals surface area contributed by atoms with Gasteiger partial charge in [0.2, 0.25) is 57.0 Å². The molecule has 15 heteroatoms. The van der Waals surface area contributed by atoms with Crippen molar-refractivity contribution in [2.75, 3.05) is 0 Å². The van der Waals surface area contributed by atoms with Crippen LogP contribution < -0.4 is 22.8 Å². The lowest BCUT2D eigenvalue weighted by Gasteiger charge is -2.20. The summed E-state index contributed by atoms with van der Waals surface area (Å²) in [4.78, 5) is 23.9. The van der Waals surface area contributed by atoms with E-state index in [1.54, 1.807) is 0 Å². The van der Waals surface area contributed by atoms with E-state index >= 15 is 0 Å². The van der Waals surface area contributed by atoms with E-state index in [1.165, 1.54) is 153 Å². The van der Waals surface area contributed by atoms with Crippen molar-refractivity contribution in [1.29, 1.82) is 0 Å². The van der Waals surface area contributed by atoms with Gasteiger partial charge >= 0.3 is 0 Å². The summed E-state index contributed by atoms with van der Waals surface area (Å²) in [6.07, 6.45) is 25.5. The van der Waals surface area contributed by atoms with Crippen molar-refractivity contribution in [3.05, 3.63) is 297 Å². The van der Waals surface area contributed by atoms with Crippen molar-refractivity contribution >= 4 is 110 Å². The highest BCUT2D eigenvalue weighted by molar-refractivity contribution is 6.13. The third-order valence-corrected chi connectivity index (χ3v) is 28.5. The van der Waals surface area contributed by atoms with Gasteiger partial charge in [0.05, 0.1) is 27.8 Å². The first kappa shape index (κ1) is 93.0. The fraction of sp³-hybridized carbons (Fsp3) is 0.339. The molecule has 2 aliphatic carbocycles. The summed E-state index contributed by atoms with van der Waals surface area (Å²) >= 11 is 0. The summed E-state index contributed by atoms with van der Waals surface area (Å²) in [6.45, 7) is 39.2. The molecule has 136 heavy (non-hydrogen) atoms. The van der Waals surface area contributed by atoms with Gasteiger partial charge in [0, 0.05) is 154 Å². The summed E-state index contributed by atoms with van der Waals surface area (Å²) < 4.78 is 42.7. The van der Waals surface area contributed by atoms with Crippen LogP contribution in [-0.2, 0) is 54.5 Å². The number of fused-ring (bicyclic) bond motifs is 15. The van der Waals surface area contributed by atoms with E-state index in [2.05, 4.69) is 380 Å². The van der Waals surface area contributed by atoms with Crippen LogP contribution in [0.15, 0.2) is 235 Å². The van der Waals surface area contributed by atoms with Crippen molar-refractivity contribution in [2.24, 2.45) is 40.7 Å². The number of hydrogen-bond acceptors (Lipinski definition) is 10. The van der Waals surface area contributed by atoms with E-state index < -0.39 is 0 Å². The minimum atomic E-state index is 0.194. The maximum atomic E-state index is 6.48. The third-order valence-electron chi connectivity index (χ3n) is 28.5. The lowest BCUT2D eigenvalue weighted by molar-refractivity contribution is -0.660. The van der Waals surface area contributed by atoms with Gasteiger partial charge in [-0.3, -0.25) is 0 Å². The highest BCUT2D eigenvalue weighted by atomic mass is 16.4. The summed E-state index contributed by atoms with van der Waals surface area (Å²) in [5.74, 6) is 2.62. The van der Waals surface area contributed by atoms with Crippen molar-refractivity contribution in [3.63, 3.8) is 0 Å². The Kier molecular flexibility index (Phi) is 26.3. The molecule has 0 N–H and O–H groups in total. The zero-order valence-electron chi connectivity index (χ0n) is 84.1. The van der Waals surface area contributed by atoms with Gasteiger partial charge in [-0.15, -0.1) is 0 Å². The van der Waals surface area contributed by atoms with Crippen LogP contribution >= 0.6 is 0 Å². The number of furan rings is 5. The molecule has 2 saturated carbocycles. The summed E-state index contributed by atoms with van der Waals surface area (Å²) in [5, 5.41) is 11.2. The number of rotatable bonds is 13. The maximum Gasteiger partial charge on any atom is 0.227 e. The number of aromatic nitrogens is 10. The Morgan fingerprint density at radius 1 is 0.301 bits per heavy atom. The summed E-state index contributed by atoms with van der Waals surface area (Å²) in [6, 6.07) is 65.5. The predicted octanol–water partition coefficient (Wildman–Crippen LogP) is 29.3. The van der Waals surface area contributed by atoms with Gasteiger partial charge in [-0.05, 0) is 234 Å². The Morgan fingerprint density at radius 2 is 0.581 bits per heavy atom. The Hall–Kier alpha value is -13.4. The van der Waals surface area contributed by atoms with Crippen molar-refractivity contribution in [2.45, 2.75) is 231 Å². The standard InChI is InChI=1S/C27H31N2O.C26H29N2O.C26H31N2O.2C21H21N2O/c1-17(2)20-14-15-29(4)24(16-20)25-18(3)10-11-21-22-12-13-23(19-8-6-5-7-9-19)28-27(22)30-26(21)25;1-16(2)19-13-14-28(4)23(15-19)24-17(3)9-10-20-21-11-12-22(18-7-5-6-8-18)27-26(21)29-25(20)24;1-16(2)18-12-13-28(7)22(14-18)23-17(3)8-10-20-21-11-9-19(15-26(4,5)6)27-25(21)29-24(20)23;2*1-5-15-8-11-18(23(4)12-15)19-13(2)6-9-16-17-10-7-14(3)22-21(17)24-20(16)19/h10-17,19H,5-9H2,1-4H3;9-16,18H,5-8H2,1-4H3;8-14,16H,15H2,1-7H3;2*6-12H,5H2,1-4H3/q5*+1. The van der Waals surface area contributed by atoms with Crippen LogP contribution in [0, 0.1) is 53.9 Å². The summed E-state index contributed by atoms with van der Waals surface area (Å²) in [7, 11) is 10.5. The van der Waals surface area contributed by atoms with E-state index in [-0.39, 0.29) is 5.41 Å². The molecule has 0 amide bonds. The summed E-state index contributed by atoms with van der Waals surface area (Å²) in [5.41, 5.74) is 38.4. The molecule has 2 fully saturated rings. The topological polar surface area (TPSA) is 150 Å². The average Bonchev–Trinajstić information content (AvgIpc) is 1.62. The second-order valence-electron chi connectivity index (χ2n) is 40.8. The molecule has 0 aliphatic heterocycles. The van der Waals surface area contributed by atoms with E-state index in [1.807, 2.05) is 26.0 Å². The second-order valence-corrected chi connectivity index (χ2v) is 40.8. The molecule has 0 spiro atoms. The fourth-order valence-corrected chi connectivity index (χ4v) is 20.5. The number of pyridine rings is 10. The van der Waals surface area contributed by atoms with Crippen molar-refractivity contribution in [3.8, 4) is 56.3 Å². The van der Waals surface area contributed by atoms with E-state index in [9.17, 15) is 0 Å². The molecule has 5 aromatic carbocycles. The molecular formula is C121H133N10O5+5. The molecule has 15 nitrogen and oxygen atoms in total. The van der Waals surface area contributed by atoms with Crippen LogP contribution in [0.3, 0.4) is 0 Å². The van der Waals surface area contributed by atoms with E-state index in [0.29, 0.717) is 41.0 Å². The monoisotopic (exact) mass is 1810 g/mol. The van der Waals surface area contributed by atoms with Crippen LogP contribution in [0.5, 0.6) is 0 Å². The van der Waals surface area contributed by atoms with Gasteiger partial charge < -0.3 is 22.1 Å². The van der Waals surface area contributed by atoms with Crippen LogP contribution in [0.25, 0.3) is 167 Å². The molecule has 0 saturated heterocycles. The van der Waals surface area contributed by atoms with Crippen molar-refractivity contribution in [1.82, 2.24) is 24.9 Å². The zero-order chi connectivity index (χ0) is 95.6. The van der Waals surface area contributed by atoms with E-state index in [0.717, 1.165) is 163 Å². The van der Waals surface area contributed by atoms with Gasteiger partial charge in [-0.2, -0.15) is 0 Å². The Morgan fingerprint density at radius 3 is 0.882 bits per heavy atom.